The predicted molar refractivity (Wildman–Crippen MR) is 135 cm³/mol. The molecule has 2 aliphatic rings. The Morgan fingerprint density at radius 2 is 1.67 bits per heavy atom. The summed E-state index contributed by atoms with van der Waals surface area (Å²) in [7, 11) is 1.35. The molecule has 0 saturated heterocycles. The topological polar surface area (TPSA) is 57.5 Å². The summed E-state index contributed by atoms with van der Waals surface area (Å²) < 4.78 is 5.05. The van der Waals surface area contributed by atoms with E-state index in [2.05, 4.69) is 19.1 Å². The molecular formula is C25H21ClN4O2S. The molecule has 2 aliphatic heterocycles. The van der Waals surface area contributed by atoms with Gasteiger partial charge < -0.3 is 4.74 Å². The highest BCUT2D eigenvalue weighted by molar-refractivity contribution is 8.16. The Bertz CT molecular complexity index is 1280. The second-order valence-electron chi connectivity index (χ2n) is 7.46. The lowest BCUT2D eigenvalue weighted by molar-refractivity contribution is -0.132. The number of rotatable bonds is 4. The van der Waals surface area contributed by atoms with Gasteiger partial charge in [-0.15, -0.1) is 0 Å². The van der Waals surface area contributed by atoms with Crippen molar-refractivity contribution in [3.8, 4) is 0 Å². The molecule has 2 heterocycles. The van der Waals surface area contributed by atoms with Gasteiger partial charge in [0.2, 0.25) is 10.0 Å². The summed E-state index contributed by atoms with van der Waals surface area (Å²) in [5.74, 6) is -0.510. The quantitative estimate of drug-likeness (QED) is 0.444. The van der Waals surface area contributed by atoms with Crippen LogP contribution in [-0.2, 0) is 14.5 Å². The lowest BCUT2D eigenvalue weighted by Gasteiger charge is -2.47. The lowest BCUT2D eigenvalue weighted by Crippen LogP contribution is -2.54. The van der Waals surface area contributed by atoms with Crippen LogP contribution in [0, 0.1) is 0 Å². The van der Waals surface area contributed by atoms with E-state index in [9.17, 15) is 4.79 Å². The Labute approximate surface area is 201 Å². The minimum absolute atomic E-state index is 0.225. The first-order chi connectivity index (χ1) is 16.1. The van der Waals surface area contributed by atoms with Crippen LogP contribution in [0.15, 0.2) is 89.1 Å². The molecule has 0 amide bonds. The molecular weight excluding hydrogens is 456 g/mol. The number of anilines is 2. The second-order valence-corrected chi connectivity index (χ2v) is 9.03. The highest BCUT2D eigenvalue weighted by atomic mass is 35.5. The van der Waals surface area contributed by atoms with E-state index in [1.807, 2.05) is 71.7 Å². The first kappa shape index (κ1) is 21.6. The number of benzene rings is 3. The maximum atomic E-state index is 12.7. The Balaban J connectivity index is 1.83. The molecule has 166 valence electrons. The number of hydrazone groups is 2. The van der Waals surface area contributed by atoms with Gasteiger partial charge in [0.1, 0.15) is 0 Å². The van der Waals surface area contributed by atoms with Crippen LogP contribution in [0.25, 0.3) is 0 Å². The summed E-state index contributed by atoms with van der Waals surface area (Å²) >= 11 is 7.95. The molecule has 1 atom stereocenters. The van der Waals surface area contributed by atoms with E-state index in [0.717, 1.165) is 28.9 Å². The van der Waals surface area contributed by atoms with Gasteiger partial charge in [0.05, 0.1) is 29.2 Å². The number of nitrogens with zero attached hydrogens (tertiary/aromatic N) is 4. The third kappa shape index (κ3) is 3.39. The molecule has 5 rings (SSSR count). The fraction of sp³-hybridized carbons (Fsp3) is 0.160. The van der Waals surface area contributed by atoms with Gasteiger partial charge in [0.15, 0.2) is 0 Å². The van der Waals surface area contributed by atoms with Gasteiger partial charge in [-0.2, -0.15) is 10.2 Å². The summed E-state index contributed by atoms with van der Waals surface area (Å²) in [5.41, 5.74) is 4.46. The molecule has 0 saturated carbocycles. The molecule has 0 aromatic heterocycles. The minimum atomic E-state index is -1.02. The van der Waals surface area contributed by atoms with Crippen LogP contribution < -0.4 is 10.0 Å². The zero-order chi connectivity index (χ0) is 23.0. The van der Waals surface area contributed by atoms with E-state index >= 15 is 0 Å². The number of fused-ring (bicyclic) bond motifs is 2. The number of carbonyl (C=O) groups is 1. The van der Waals surface area contributed by atoms with Crippen LogP contribution in [-0.4, -0.2) is 23.8 Å². The van der Waals surface area contributed by atoms with Crippen molar-refractivity contribution in [3.63, 3.8) is 0 Å². The molecule has 3 aromatic carbocycles. The van der Waals surface area contributed by atoms with Crippen LogP contribution in [0.3, 0.4) is 0 Å². The number of carbonyl (C=O) groups excluding carboxylic acids is 1. The lowest BCUT2D eigenvalue weighted by atomic mass is 9.96. The molecule has 0 fully saturated rings. The van der Waals surface area contributed by atoms with E-state index in [4.69, 9.17) is 26.5 Å². The van der Waals surface area contributed by atoms with Crippen molar-refractivity contribution in [1.82, 2.24) is 0 Å². The van der Waals surface area contributed by atoms with E-state index < -0.39 is 11.0 Å². The van der Waals surface area contributed by atoms with E-state index in [1.165, 1.54) is 18.9 Å². The summed E-state index contributed by atoms with van der Waals surface area (Å²) in [5, 5.41) is 14.3. The van der Waals surface area contributed by atoms with Crippen molar-refractivity contribution in [2.24, 2.45) is 10.2 Å². The predicted octanol–water partition coefficient (Wildman–Crippen LogP) is 5.82. The first-order valence-electron chi connectivity index (χ1n) is 10.5. The number of thioether (sulfide) groups is 1. The van der Waals surface area contributed by atoms with E-state index in [0.29, 0.717) is 10.7 Å². The smallest absolute Gasteiger partial charge is 0.365 e. The Morgan fingerprint density at radius 1 is 0.970 bits per heavy atom. The first-order valence-corrected chi connectivity index (χ1v) is 11.7. The number of halogens is 1. The number of para-hydroxylation sites is 2. The van der Waals surface area contributed by atoms with Crippen molar-refractivity contribution in [2.45, 2.75) is 18.3 Å². The normalized spacial score (nSPS) is 19.2. The number of hydrogen-bond donors (Lipinski definition) is 0. The highest BCUT2D eigenvalue weighted by Gasteiger charge is 2.56. The third-order valence-electron chi connectivity index (χ3n) is 5.59. The molecule has 0 N–H and O–H groups in total. The summed E-state index contributed by atoms with van der Waals surface area (Å²) in [6.45, 7) is 2.08. The van der Waals surface area contributed by atoms with Gasteiger partial charge in [0, 0.05) is 11.1 Å². The zero-order valence-corrected chi connectivity index (χ0v) is 19.7. The molecule has 1 unspecified atom stereocenters. The number of ether oxygens (including phenoxy) is 1. The van der Waals surface area contributed by atoms with Crippen molar-refractivity contribution in [3.05, 3.63) is 95.0 Å². The fourth-order valence-corrected chi connectivity index (χ4v) is 5.63. The van der Waals surface area contributed by atoms with Crippen LogP contribution in [0.1, 0.15) is 24.5 Å². The number of esters is 1. The van der Waals surface area contributed by atoms with Gasteiger partial charge in [0.25, 0.3) is 0 Å². The molecule has 0 bridgehead atoms. The molecule has 33 heavy (non-hydrogen) atoms. The van der Waals surface area contributed by atoms with Gasteiger partial charge in [-0.3, -0.25) is 0 Å². The fourth-order valence-electron chi connectivity index (χ4n) is 4.11. The summed E-state index contributed by atoms with van der Waals surface area (Å²) in [4.78, 5) is 11.7. The van der Waals surface area contributed by atoms with Gasteiger partial charge in [-0.25, -0.2) is 14.8 Å². The average molecular weight is 477 g/mol. The van der Waals surface area contributed by atoms with Crippen molar-refractivity contribution in [2.75, 3.05) is 17.1 Å². The summed E-state index contributed by atoms with van der Waals surface area (Å²) in [6, 6.07) is 25.4. The SMILES string of the molecule is CCC1=NN(c2ccccc2)C2(SC(C(=O)OC)=NN2c2ccccc2Cl)c2ccccc21. The van der Waals surface area contributed by atoms with Crippen molar-refractivity contribution in [1.29, 1.82) is 0 Å². The number of hydrogen-bond acceptors (Lipinski definition) is 7. The van der Waals surface area contributed by atoms with Crippen LogP contribution >= 0.6 is 23.4 Å². The standard InChI is InChI=1S/C25H21ClN4O2S/c1-3-21-18-13-7-8-14-19(18)25(29(27-21)17-11-5-4-6-12-17)30(22-16-10-9-15-20(22)26)28-23(33-25)24(31)32-2/h4-16H,3H2,1-2H3. The Morgan fingerprint density at radius 3 is 2.39 bits per heavy atom. The summed E-state index contributed by atoms with van der Waals surface area (Å²) in [6.07, 6.45) is 0.748. The monoisotopic (exact) mass is 476 g/mol. The second kappa shape index (κ2) is 8.57. The molecule has 0 radical (unpaired) electrons. The van der Waals surface area contributed by atoms with Crippen molar-refractivity contribution < 1.29 is 9.53 Å². The zero-order valence-electron chi connectivity index (χ0n) is 18.1. The highest BCUT2D eigenvalue weighted by Crippen LogP contribution is 2.55. The maximum Gasteiger partial charge on any atom is 0.365 e. The molecule has 1 spiro atoms. The minimum Gasteiger partial charge on any atom is -0.464 e. The largest absolute Gasteiger partial charge is 0.464 e. The van der Waals surface area contributed by atoms with Gasteiger partial charge in [-0.05, 0) is 42.4 Å². The molecule has 6 nitrogen and oxygen atoms in total. The third-order valence-corrected chi connectivity index (χ3v) is 7.20. The van der Waals surface area contributed by atoms with Gasteiger partial charge >= 0.3 is 5.97 Å². The Hall–Kier alpha value is -3.29. The molecule has 3 aromatic rings. The Kier molecular flexibility index (Phi) is 5.60. The van der Waals surface area contributed by atoms with E-state index in [1.54, 1.807) is 5.01 Å². The van der Waals surface area contributed by atoms with Gasteiger partial charge in [-0.1, -0.05) is 73.1 Å². The average Bonchev–Trinajstić information content (AvgIpc) is 3.25. The molecule has 8 heteroatoms. The van der Waals surface area contributed by atoms with Crippen LogP contribution in [0.4, 0.5) is 11.4 Å². The maximum absolute atomic E-state index is 12.7. The molecule has 0 aliphatic carbocycles. The number of methoxy groups -OCH3 is 1. The van der Waals surface area contributed by atoms with Crippen molar-refractivity contribution >= 4 is 51.5 Å². The van der Waals surface area contributed by atoms with E-state index in [-0.39, 0.29) is 5.04 Å². The van der Waals surface area contributed by atoms with Crippen LogP contribution in [0.2, 0.25) is 5.02 Å². The van der Waals surface area contributed by atoms with Crippen LogP contribution in [0.5, 0.6) is 0 Å².